The Morgan fingerprint density at radius 3 is 2.66 bits per heavy atom. The van der Waals surface area contributed by atoms with Crippen molar-refractivity contribution in [1.82, 2.24) is 35.3 Å². The number of likely N-dealkylation sites (tertiary alicyclic amines) is 1. The number of hydrogen-bond donors (Lipinski definition) is 1. The molecule has 12 heteroatoms. The molecule has 4 rings (SSSR count). The number of ether oxygens (including phenoxy) is 1. The van der Waals surface area contributed by atoms with Gasteiger partial charge in [-0.15, -0.1) is 0 Å². The number of rotatable bonds is 4. The van der Waals surface area contributed by atoms with Gasteiger partial charge in [0.25, 0.3) is 5.91 Å². The minimum atomic E-state index is -4.57. The number of piperidine rings is 1. The van der Waals surface area contributed by atoms with Crippen LogP contribution in [0.15, 0.2) is 30.9 Å². The summed E-state index contributed by atoms with van der Waals surface area (Å²) in [5.74, 6) is -0.316. The Bertz CT molecular complexity index is 1090. The highest BCUT2D eigenvalue weighted by Crippen LogP contribution is 2.29. The Balaban J connectivity index is 1.54. The Morgan fingerprint density at radius 1 is 1.19 bits per heavy atom. The molecule has 0 aliphatic carbocycles. The molecule has 1 fully saturated rings. The van der Waals surface area contributed by atoms with Crippen LogP contribution >= 0.6 is 0 Å². The number of nitrogens with one attached hydrogen (secondary N) is 1. The molecule has 32 heavy (non-hydrogen) atoms. The Labute approximate surface area is 181 Å². The number of pyridine rings is 1. The molecule has 1 aliphatic rings. The van der Waals surface area contributed by atoms with Crippen LogP contribution in [0.5, 0.6) is 5.88 Å². The molecule has 0 bridgehead atoms. The van der Waals surface area contributed by atoms with E-state index in [1.807, 2.05) is 19.9 Å². The first-order valence-electron chi connectivity index (χ1n) is 9.93. The molecule has 3 aromatic rings. The third-order valence-corrected chi connectivity index (χ3v) is 5.29. The molecule has 1 saturated heterocycles. The maximum absolute atomic E-state index is 13.4. The van der Waals surface area contributed by atoms with Crippen molar-refractivity contribution in [3.05, 3.63) is 47.8 Å². The van der Waals surface area contributed by atoms with Gasteiger partial charge in [-0.3, -0.25) is 9.78 Å². The van der Waals surface area contributed by atoms with E-state index in [1.54, 1.807) is 11.1 Å². The van der Waals surface area contributed by atoms with Crippen molar-refractivity contribution in [3.63, 3.8) is 0 Å². The van der Waals surface area contributed by atoms with Gasteiger partial charge in [0, 0.05) is 18.3 Å². The lowest BCUT2D eigenvalue weighted by Gasteiger charge is -2.39. The van der Waals surface area contributed by atoms with Gasteiger partial charge in [-0.2, -0.15) is 28.6 Å². The number of aryl methyl sites for hydroxylation is 1. The van der Waals surface area contributed by atoms with Gasteiger partial charge < -0.3 is 9.64 Å². The third kappa shape index (κ3) is 4.39. The molecule has 0 radical (unpaired) electrons. The normalized spacial score (nSPS) is 19.1. The van der Waals surface area contributed by atoms with Gasteiger partial charge in [-0.05, 0) is 38.3 Å². The van der Waals surface area contributed by atoms with Crippen molar-refractivity contribution in [2.24, 2.45) is 0 Å². The Kier molecular flexibility index (Phi) is 5.76. The molecular formula is C20H20F3N7O2. The van der Waals surface area contributed by atoms with E-state index in [0.717, 1.165) is 11.8 Å². The van der Waals surface area contributed by atoms with Crippen molar-refractivity contribution in [3.8, 4) is 17.1 Å². The minimum Gasteiger partial charge on any atom is -0.471 e. The number of carbonyl (C=O) groups is 1. The van der Waals surface area contributed by atoms with Gasteiger partial charge in [0.15, 0.2) is 5.69 Å². The van der Waals surface area contributed by atoms with Crippen LogP contribution in [0.1, 0.15) is 41.5 Å². The van der Waals surface area contributed by atoms with Crippen LogP contribution in [0.2, 0.25) is 0 Å². The second-order valence-electron chi connectivity index (χ2n) is 7.54. The lowest BCUT2D eigenvalue weighted by molar-refractivity contribution is -0.141. The summed E-state index contributed by atoms with van der Waals surface area (Å²) in [6.07, 6.45) is 0.937. The highest BCUT2D eigenvalue weighted by Gasteiger charge is 2.36. The third-order valence-electron chi connectivity index (χ3n) is 5.29. The van der Waals surface area contributed by atoms with Gasteiger partial charge in [0.05, 0.1) is 24.6 Å². The first-order chi connectivity index (χ1) is 15.2. The molecule has 9 nitrogen and oxygen atoms in total. The van der Waals surface area contributed by atoms with Gasteiger partial charge >= 0.3 is 6.18 Å². The highest BCUT2D eigenvalue weighted by atomic mass is 19.4. The summed E-state index contributed by atoms with van der Waals surface area (Å²) in [6, 6.07) is 1.45. The first-order valence-corrected chi connectivity index (χ1v) is 9.93. The Hall–Kier alpha value is -3.57. The van der Waals surface area contributed by atoms with E-state index in [2.05, 4.69) is 30.4 Å². The molecule has 0 spiro atoms. The van der Waals surface area contributed by atoms with Crippen LogP contribution in [0.3, 0.4) is 0 Å². The summed E-state index contributed by atoms with van der Waals surface area (Å²) in [6.45, 7) is 4.18. The summed E-state index contributed by atoms with van der Waals surface area (Å²) in [4.78, 5) is 26.5. The standard InChI is InChI=1S/C20H20F3N7O2/c1-11-6-13(14-8-27-29-28-14)18(26-7-11)19(31)30-5-3-4-15(12(30)2)32-17-10-24-16(9-25-17)20(21,22)23/h6-10,12,15H,3-5H2,1-2H3,(H,27,28,29)/t12-,15+/m0/s1. The first kappa shape index (κ1) is 21.7. The predicted octanol–water partition coefficient (Wildman–Crippen LogP) is 3.06. The van der Waals surface area contributed by atoms with E-state index in [1.165, 1.54) is 6.20 Å². The number of aromatic nitrogens is 6. The fourth-order valence-electron chi connectivity index (χ4n) is 3.63. The van der Waals surface area contributed by atoms with Gasteiger partial charge in [-0.25, -0.2) is 9.97 Å². The maximum Gasteiger partial charge on any atom is 0.434 e. The van der Waals surface area contributed by atoms with Crippen LogP contribution in [0.4, 0.5) is 13.2 Å². The summed E-state index contributed by atoms with van der Waals surface area (Å²) in [5, 5.41) is 10.4. The topological polar surface area (TPSA) is 110 Å². The lowest BCUT2D eigenvalue weighted by atomic mass is 9.98. The average molecular weight is 447 g/mol. The summed E-state index contributed by atoms with van der Waals surface area (Å²) in [7, 11) is 0. The number of halogens is 3. The number of nitrogens with zero attached hydrogens (tertiary/aromatic N) is 6. The van der Waals surface area contributed by atoms with Crippen LogP contribution in [0, 0.1) is 6.92 Å². The number of alkyl halides is 3. The van der Waals surface area contributed by atoms with E-state index in [0.29, 0.717) is 36.8 Å². The predicted molar refractivity (Wildman–Crippen MR) is 106 cm³/mol. The molecule has 1 N–H and O–H groups in total. The summed E-state index contributed by atoms with van der Waals surface area (Å²) < 4.78 is 43.9. The number of carbonyl (C=O) groups excluding carboxylic acids is 1. The number of amides is 1. The quantitative estimate of drug-likeness (QED) is 0.655. The number of aromatic amines is 1. The van der Waals surface area contributed by atoms with E-state index < -0.39 is 18.0 Å². The van der Waals surface area contributed by atoms with Crippen molar-refractivity contribution < 1.29 is 22.7 Å². The fraction of sp³-hybridized carbons (Fsp3) is 0.400. The highest BCUT2D eigenvalue weighted by molar-refractivity contribution is 5.98. The monoisotopic (exact) mass is 447 g/mol. The largest absolute Gasteiger partial charge is 0.471 e. The number of H-pyrrole nitrogens is 1. The molecule has 1 amide bonds. The molecule has 0 aromatic carbocycles. The van der Waals surface area contributed by atoms with Crippen LogP contribution in [0.25, 0.3) is 11.3 Å². The van der Waals surface area contributed by atoms with Crippen molar-refractivity contribution >= 4 is 5.91 Å². The lowest BCUT2D eigenvalue weighted by Crippen LogP contribution is -2.51. The van der Waals surface area contributed by atoms with Crippen molar-refractivity contribution in [2.75, 3.05) is 6.54 Å². The maximum atomic E-state index is 13.4. The molecule has 4 heterocycles. The average Bonchev–Trinajstić information content (AvgIpc) is 3.29. The molecule has 0 saturated carbocycles. The van der Waals surface area contributed by atoms with E-state index in [9.17, 15) is 18.0 Å². The van der Waals surface area contributed by atoms with Crippen molar-refractivity contribution in [1.29, 1.82) is 0 Å². The molecule has 1 aliphatic heterocycles. The van der Waals surface area contributed by atoms with E-state index >= 15 is 0 Å². The number of hydrogen-bond acceptors (Lipinski definition) is 7. The molecule has 3 aromatic heterocycles. The van der Waals surface area contributed by atoms with Crippen LogP contribution < -0.4 is 4.74 Å². The van der Waals surface area contributed by atoms with E-state index in [4.69, 9.17) is 4.74 Å². The smallest absolute Gasteiger partial charge is 0.434 e. The zero-order valence-corrected chi connectivity index (χ0v) is 17.3. The fourth-order valence-corrected chi connectivity index (χ4v) is 3.63. The zero-order chi connectivity index (χ0) is 22.9. The van der Waals surface area contributed by atoms with Gasteiger partial charge in [0.1, 0.15) is 17.5 Å². The summed E-state index contributed by atoms with van der Waals surface area (Å²) >= 11 is 0. The minimum absolute atomic E-state index is 0.0269. The molecule has 0 unspecified atom stereocenters. The summed E-state index contributed by atoms with van der Waals surface area (Å²) in [5.41, 5.74) is 1.08. The zero-order valence-electron chi connectivity index (χ0n) is 17.3. The van der Waals surface area contributed by atoms with E-state index in [-0.39, 0.29) is 23.5 Å². The molecular weight excluding hydrogens is 427 g/mol. The van der Waals surface area contributed by atoms with Crippen LogP contribution in [-0.4, -0.2) is 59.9 Å². The molecule has 2 atom stereocenters. The Morgan fingerprint density at radius 2 is 2.00 bits per heavy atom. The van der Waals surface area contributed by atoms with Crippen LogP contribution in [-0.2, 0) is 6.18 Å². The van der Waals surface area contributed by atoms with Gasteiger partial charge in [-0.1, -0.05) is 0 Å². The van der Waals surface area contributed by atoms with Crippen molar-refractivity contribution in [2.45, 2.75) is 45.0 Å². The SMILES string of the molecule is Cc1cnc(C(=O)N2CCC[C@@H](Oc3cnc(C(F)(F)F)cn3)[C@@H]2C)c(-c2cn[nH]n2)c1. The molecule has 168 valence electrons. The van der Waals surface area contributed by atoms with Gasteiger partial charge in [0.2, 0.25) is 5.88 Å². The second-order valence-corrected chi connectivity index (χ2v) is 7.54. The second kappa shape index (κ2) is 8.52.